The standard InChI is InChI=1S/C15H20O/c1-2-3-4-5-6-12-7-9-14-13(11-12)8-10-15(14)16/h7,9,11H,2-6,8,10H2,1H3. The fourth-order valence-corrected chi connectivity index (χ4v) is 2.42. The van der Waals surface area contributed by atoms with Crippen molar-refractivity contribution >= 4 is 5.78 Å². The van der Waals surface area contributed by atoms with Crippen LogP contribution in [-0.2, 0) is 12.8 Å². The molecule has 0 unspecified atom stereocenters. The van der Waals surface area contributed by atoms with Crippen molar-refractivity contribution in [3.05, 3.63) is 34.9 Å². The van der Waals surface area contributed by atoms with Gasteiger partial charge in [-0.3, -0.25) is 4.79 Å². The van der Waals surface area contributed by atoms with E-state index in [4.69, 9.17) is 0 Å². The summed E-state index contributed by atoms with van der Waals surface area (Å²) in [5.41, 5.74) is 3.65. The van der Waals surface area contributed by atoms with E-state index in [-0.39, 0.29) is 0 Å². The highest BCUT2D eigenvalue weighted by Crippen LogP contribution is 2.23. The Labute approximate surface area is 97.9 Å². The molecule has 0 heterocycles. The molecule has 1 aromatic carbocycles. The molecule has 0 spiro atoms. The fraction of sp³-hybridized carbons (Fsp3) is 0.533. The molecular weight excluding hydrogens is 196 g/mol. The number of ketones is 1. The Hall–Kier alpha value is -1.11. The van der Waals surface area contributed by atoms with Crippen molar-refractivity contribution in [1.82, 2.24) is 0 Å². The van der Waals surface area contributed by atoms with Crippen molar-refractivity contribution in [2.75, 3.05) is 0 Å². The molecule has 0 fully saturated rings. The van der Waals surface area contributed by atoms with Crippen LogP contribution in [0.3, 0.4) is 0 Å². The Kier molecular flexibility index (Phi) is 3.76. The average Bonchev–Trinajstić information content (AvgIpc) is 2.66. The van der Waals surface area contributed by atoms with Crippen molar-refractivity contribution < 1.29 is 4.79 Å². The van der Waals surface area contributed by atoms with Gasteiger partial charge in [0.1, 0.15) is 0 Å². The quantitative estimate of drug-likeness (QED) is 0.681. The van der Waals surface area contributed by atoms with E-state index in [0.717, 1.165) is 12.0 Å². The smallest absolute Gasteiger partial charge is 0.163 e. The zero-order valence-corrected chi connectivity index (χ0v) is 10.1. The first kappa shape index (κ1) is 11.4. The summed E-state index contributed by atoms with van der Waals surface area (Å²) in [6.45, 7) is 2.24. The normalized spacial score (nSPS) is 14.2. The summed E-state index contributed by atoms with van der Waals surface area (Å²) in [5, 5.41) is 0. The third-order valence-electron chi connectivity index (χ3n) is 3.41. The van der Waals surface area contributed by atoms with E-state index in [0.29, 0.717) is 12.2 Å². The Balaban J connectivity index is 1.94. The monoisotopic (exact) mass is 216 g/mol. The highest BCUT2D eigenvalue weighted by atomic mass is 16.1. The molecule has 1 nitrogen and oxygen atoms in total. The Morgan fingerprint density at radius 1 is 1.12 bits per heavy atom. The van der Waals surface area contributed by atoms with Gasteiger partial charge in [-0.15, -0.1) is 0 Å². The lowest BCUT2D eigenvalue weighted by atomic mass is 10.0. The van der Waals surface area contributed by atoms with Gasteiger partial charge < -0.3 is 0 Å². The first-order valence-electron chi connectivity index (χ1n) is 6.46. The lowest BCUT2D eigenvalue weighted by molar-refractivity contribution is 0.0994. The van der Waals surface area contributed by atoms with Crippen molar-refractivity contribution in [3.63, 3.8) is 0 Å². The second-order valence-electron chi connectivity index (χ2n) is 4.73. The summed E-state index contributed by atoms with van der Waals surface area (Å²) in [5.74, 6) is 0.326. The van der Waals surface area contributed by atoms with Gasteiger partial charge in [-0.05, 0) is 30.4 Å². The Morgan fingerprint density at radius 2 is 2.00 bits per heavy atom. The van der Waals surface area contributed by atoms with Crippen molar-refractivity contribution in [2.45, 2.75) is 51.9 Å². The molecule has 0 radical (unpaired) electrons. The minimum absolute atomic E-state index is 0.326. The van der Waals surface area contributed by atoms with Gasteiger partial charge in [-0.2, -0.15) is 0 Å². The molecule has 1 heteroatoms. The summed E-state index contributed by atoms with van der Waals surface area (Å²) in [4.78, 5) is 11.5. The molecule has 0 amide bonds. The van der Waals surface area contributed by atoms with Gasteiger partial charge in [0.15, 0.2) is 5.78 Å². The van der Waals surface area contributed by atoms with Crippen LogP contribution in [0.25, 0.3) is 0 Å². The minimum Gasteiger partial charge on any atom is -0.294 e. The molecule has 0 atom stereocenters. The molecule has 0 N–H and O–H groups in total. The van der Waals surface area contributed by atoms with E-state index in [1.54, 1.807) is 0 Å². The molecule has 0 aliphatic heterocycles. The summed E-state index contributed by atoms with van der Waals surface area (Å²) < 4.78 is 0. The summed E-state index contributed by atoms with van der Waals surface area (Å²) in [7, 11) is 0. The molecule has 1 aromatic rings. The fourth-order valence-electron chi connectivity index (χ4n) is 2.42. The van der Waals surface area contributed by atoms with Gasteiger partial charge in [-0.1, -0.05) is 44.4 Å². The molecular formula is C15H20O. The number of aryl methyl sites for hydroxylation is 2. The maximum absolute atomic E-state index is 11.5. The molecule has 0 saturated heterocycles. The molecule has 16 heavy (non-hydrogen) atoms. The van der Waals surface area contributed by atoms with E-state index < -0.39 is 0 Å². The van der Waals surface area contributed by atoms with Gasteiger partial charge in [0.25, 0.3) is 0 Å². The Bertz CT molecular complexity index is 379. The number of carbonyl (C=O) groups is 1. The van der Waals surface area contributed by atoms with Crippen LogP contribution in [-0.4, -0.2) is 5.78 Å². The van der Waals surface area contributed by atoms with E-state index in [1.807, 2.05) is 6.07 Å². The van der Waals surface area contributed by atoms with Crippen LogP contribution < -0.4 is 0 Å². The van der Waals surface area contributed by atoms with Gasteiger partial charge in [0.05, 0.1) is 0 Å². The SMILES string of the molecule is CCCCCCc1ccc2c(c1)CCC2=O. The van der Waals surface area contributed by atoms with Crippen LogP contribution in [0.1, 0.15) is 60.5 Å². The number of hydrogen-bond acceptors (Lipinski definition) is 1. The third-order valence-corrected chi connectivity index (χ3v) is 3.41. The number of unbranched alkanes of at least 4 members (excludes halogenated alkanes) is 3. The summed E-state index contributed by atoms with van der Waals surface area (Å²) in [6.07, 6.45) is 8.07. The molecule has 0 bridgehead atoms. The molecule has 1 aliphatic rings. The van der Waals surface area contributed by atoms with Crippen LogP contribution in [0.2, 0.25) is 0 Å². The van der Waals surface area contributed by atoms with Crippen molar-refractivity contribution in [2.24, 2.45) is 0 Å². The molecule has 0 aromatic heterocycles. The van der Waals surface area contributed by atoms with Crippen molar-refractivity contribution in [3.8, 4) is 0 Å². The molecule has 2 rings (SSSR count). The Morgan fingerprint density at radius 3 is 2.81 bits per heavy atom. The average molecular weight is 216 g/mol. The predicted molar refractivity (Wildman–Crippen MR) is 66.9 cm³/mol. The van der Waals surface area contributed by atoms with E-state index in [2.05, 4.69) is 19.1 Å². The lowest BCUT2D eigenvalue weighted by Crippen LogP contribution is -1.93. The summed E-state index contributed by atoms with van der Waals surface area (Å²) in [6, 6.07) is 6.40. The minimum atomic E-state index is 0.326. The zero-order chi connectivity index (χ0) is 11.4. The predicted octanol–water partition coefficient (Wildman–Crippen LogP) is 3.94. The van der Waals surface area contributed by atoms with E-state index in [1.165, 1.54) is 43.2 Å². The molecule has 0 saturated carbocycles. The van der Waals surface area contributed by atoms with E-state index >= 15 is 0 Å². The number of hydrogen-bond donors (Lipinski definition) is 0. The van der Waals surface area contributed by atoms with Crippen LogP contribution in [0.5, 0.6) is 0 Å². The second kappa shape index (κ2) is 5.29. The summed E-state index contributed by atoms with van der Waals surface area (Å²) >= 11 is 0. The van der Waals surface area contributed by atoms with Crippen LogP contribution in [0.4, 0.5) is 0 Å². The second-order valence-corrected chi connectivity index (χ2v) is 4.73. The largest absolute Gasteiger partial charge is 0.294 e. The van der Waals surface area contributed by atoms with Crippen LogP contribution >= 0.6 is 0 Å². The zero-order valence-electron chi connectivity index (χ0n) is 10.1. The van der Waals surface area contributed by atoms with E-state index in [9.17, 15) is 4.79 Å². The molecule has 1 aliphatic carbocycles. The van der Waals surface area contributed by atoms with Gasteiger partial charge in [0, 0.05) is 12.0 Å². The van der Waals surface area contributed by atoms with Gasteiger partial charge >= 0.3 is 0 Å². The highest BCUT2D eigenvalue weighted by Gasteiger charge is 2.18. The van der Waals surface area contributed by atoms with Crippen molar-refractivity contribution in [1.29, 1.82) is 0 Å². The maximum Gasteiger partial charge on any atom is 0.163 e. The number of carbonyl (C=O) groups excluding carboxylic acids is 1. The lowest BCUT2D eigenvalue weighted by Gasteiger charge is -2.04. The van der Waals surface area contributed by atoms with Crippen LogP contribution in [0, 0.1) is 0 Å². The number of rotatable bonds is 5. The number of Topliss-reactive ketones (excluding diaryl/α,β-unsaturated/α-hetero) is 1. The maximum atomic E-state index is 11.5. The third kappa shape index (κ3) is 2.52. The van der Waals surface area contributed by atoms with Gasteiger partial charge in [-0.25, -0.2) is 0 Å². The molecule has 86 valence electrons. The first-order valence-corrected chi connectivity index (χ1v) is 6.46. The number of fused-ring (bicyclic) bond motifs is 1. The van der Waals surface area contributed by atoms with Gasteiger partial charge in [0.2, 0.25) is 0 Å². The highest BCUT2D eigenvalue weighted by molar-refractivity contribution is 6.00. The topological polar surface area (TPSA) is 17.1 Å². The number of benzene rings is 1. The van der Waals surface area contributed by atoms with Crippen LogP contribution in [0.15, 0.2) is 18.2 Å². The first-order chi connectivity index (χ1) is 7.81.